The van der Waals surface area contributed by atoms with Gasteiger partial charge in [0.1, 0.15) is 5.82 Å². The second-order valence-electron chi connectivity index (χ2n) is 7.34. The van der Waals surface area contributed by atoms with Gasteiger partial charge in [0.05, 0.1) is 40.7 Å². The van der Waals surface area contributed by atoms with E-state index < -0.39 is 0 Å². The molecule has 0 fully saturated rings. The molecule has 3 N–H and O–H groups in total. The first kappa shape index (κ1) is 16.8. The summed E-state index contributed by atoms with van der Waals surface area (Å²) in [5.74, 6) is 0.938. The summed E-state index contributed by atoms with van der Waals surface area (Å²) in [6.45, 7) is 0.656. The fourth-order valence-corrected chi connectivity index (χ4v) is 4.24. The molecule has 2 heterocycles. The Morgan fingerprint density at radius 3 is 2.79 bits per heavy atom. The maximum absolute atomic E-state index is 6.38. The van der Waals surface area contributed by atoms with Gasteiger partial charge in [0.2, 0.25) is 0 Å². The van der Waals surface area contributed by atoms with Crippen molar-refractivity contribution >= 4 is 22.4 Å². The Balaban J connectivity index is 1.59. The van der Waals surface area contributed by atoms with Crippen LogP contribution in [0, 0.1) is 0 Å². The quantitative estimate of drug-likeness (QED) is 0.515. The third-order valence-electron chi connectivity index (χ3n) is 5.55. The highest BCUT2D eigenvalue weighted by Gasteiger charge is 2.29. The minimum absolute atomic E-state index is 0.183. The number of hydrogen-bond donors (Lipinski definition) is 2. The summed E-state index contributed by atoms with van der Waals surface area (Å²) in [6.07, 6.45) is 5.18. The second kappa shape index (κ2) is 7.00. The molecule has 0 radical (unpaired) electrons. The van der Waals surface area contributed by atoms with E-state index in [2.05, 4.69) is 28.1 Å². The third-order valence-corrected chi connectivity index (χ3v) is 5.55. The fraction of sp³-hybridized carbons (Fsp3) is 0.217. The monoisotopic (exact) mass is 369 g/mol. The van der Waals surface area contributed by atoms with Crippen LogP contribution in [0.25, 0.3) is 11.0 Å². The molecule has 0 amide bonds. The lowest BCUT2D eigenvalue weighted by Gasteiger charge is -2.36. The van der Waals surface area contributed by atoms with E-state index >= 15 is 0 Å². The van der Waals surface area contributed by atoms with Crippen LogP contribution in [-0.2, 0) is 13.0 Å². The number of nitrogens with zero attached hydrogens (tertiary/aromatic N) is 3. The number of nitrogens with one attached hydrogen (secondary N) is 1. The first-order chi connectivity index (χ1) is 13.8. The Morgan fingerprint density at radius 1 is 1.04 bits per heavy atom. The number of benzene rings is 2. The lowest BCUT2D eigenvalue weighted by molar-refractivity contribution is 0.501. The molecule has 1 atom stereocenters. The molecule has 140 valence electrons. The molecule has 1 aliphatic rings. The topological polar surface area (TPSA) is 70.8 Å². The normalized spacial score (nSPS) is 16.1. The molecule has 0 saturated heterocycles. The van der Waals surface area contributed by atoms with Gasteiger partial charge in [-0.15, -0.1) is 0 Å². The number of aromatic amines is 1. The SMILES string of the molecule is Nc1ccccc1N(Cc1nc2ccccc2[nH]1)C1CCCc2cccnc21. The first-order valence-corrected chi connectivity index (χ1v) is 9.78. The van der Waals surface area contributed by atoms with Gasteiger partial charge in [-0.1, -0.05) is 30.3 Å². The molecule has 2 aromatic heterocycles. The molecular weight excluding hydrogens is 346 g/mol. The molecular formula is C23H23N5. The standard InChI is InChI=1S/C23H23N5/c24-17-9-1-4-12-20(17)28(15-22-26-18-10-2-3-11-19(18)27-22)21-13-5-7-16-8-6-14-25-23(16)21/h1-4,6,8-12,14,21H,5,7,13,15,24H2,(H,26,27). The number of rotatable bonds is 4. The maximum Gasteiger partial charge on any atom is 0.126 e. The average Bonchev–Trinajstić information content (AvgIpc) is 3.15. The number of para-hydroxylation sites is 4. The van der Waals surface area contributed by atoms with Gasteiger partial charge in [-0.05, 0) is 55.2 Å². The molecule has 5 nitrogen and oxygen atoms in total. The van der Waals surface area contributed by atoms with Crippen LogP contribution in [-0.4, -0.2) is 15.0 Å². The van der Waals surface area contributed by atoms with E-state index in [0.717, 1.165) is 53.2 Å². The number of aryl methyl sites for hydroxylation is 1. The summed E-state index contributed by atoms with van der Waals surface area (Å²) in [4.78, 5) is 15.4. The zero-order chi connectivity index (χ0) is 18.9. The molecule has 0 spiro atoms. The van der Waals surface area contributed by atoms with E-state index in [1.165, 1.54) is 5.56 Å². The van der Waals surface area contributed by atoms with Gasteiger partial charge in [-0.3, -0.25) is 4.98 Å². The number of fused-ring (bicyclic) bond motifs is 2. The molecule has 5 heteroatoms. The van der Waals surface area contributed by atoms with Crippen LogP contribution in [0.1, 0.15) is 36.0 Å². The van der Waals surface area contributed by atoms with E-state index in [1.807, 2.05) is 48.7 Å². The van der Waals surface area contributed by atoms with Crippen molar-refractivity contribution in [3.63, 3.8) is 0 Å². The van der Waals surface area contributed by atoms with Crippen LogP contribution in [0.3, 0.4) is 0 Å². The van der Waals surface area contributed by atoms with Gasteiger partial charge in [-0.2, -0.15) is 0 Å². The van der Waals surface area contributed by atoms with Crippen molar-refractivity contribution < 1.29 is 0 Å². The number of nitrogens with two attached hydrogens (primary N) is 1. The van der Waals surface area contributed by atoms with E-state index in [0.29, 0.717) is 6.54 Å². The number of aromatic nitrogens is 3. The third kappa shape index (κ3) is 2.99. The average molecular weight is 369 g/mol. The van der Waals surface area contributed by atoms with Crippen LogP contribution < -0.4 is 10.6 Å². The van der Waals surface area contributed by atoms with Gasteiger partial charge in [-0.25, -0.2) is 4.98 Å². The molecule has 5 rings (SSSR count). The molecule has 0 aliphatic heterocycles. The summed E-state index contributed by atoms with van der Waals surface area (Å²) in [7, 11) is 0. The van der Waals surface area contributed by atoms with E-state index in [-0.39, 0.29) is 6.04 Å². The van der Waals surface area contributed by atoms with Crippen molar-refractivity contribution in [2.24, 2.45) is 0 Å². The number of pyridine rings is 1. The van der Waals surface area contributed by atoms with Crippen LogP contribution in [0.5, 0.6) is 0 Å². The highest BCUT2D eigenvalue weighted by Crippen LogP contribution is 2.38. The van der Waals surface area contributed by atoms with Crippen LogP contribution >= 0.6 is 0 Å². The van der Waals surface area contributed by atoms with Crippen molar-refractivity contribution in [2.45, 2.75) is 31.8 Å². The summed E-state index contributed by atoms with van der Waals surface area (Å²) in [5.41, 5.74) is 12.7. The van der Waals surface area contributed by atoms with Gasteiger partial charge in [0, 0.05) is 6.20 Å². The predicted octanol–water partition coefficient (Wildman–Crippen LogP) is 4.62. The molecule has 0 saturated carbocycles. The minimum atomic E-state index is 0.183. The molecule has 28 heavy (non-hydrogen) atoms. The van der Waals surface area contributed by atoms with E-state index in [4.69, 9.17) is 15.7 Å². The minimum Gasteiger partial charge on any atom is -0.397 e. The molecule has 0 bridgehead atoms. The van der Waals surface area contributed by atoms with Crippen molar-refractivity contribution in [1.29, 1.82) is 0 Å². The van der Waals surface area contributed by atoms with Crippen molar-refractivity contribution in [3.05, 3.63) is 83.9 Å². The van der Waals surface area contributed by atoms with Crippen molar-refractivity contribution in [1.82, 2.24) is 15.0 Å². The van der Waals surface area contributed by atoms with Crippen LogP contribution in [0.4, 0.5) is 11.4 Å². The fourth-order valence-electron chi connectivity index (χ4n) is 4.24. The second-order valence-corrected chi connectivity index (χ2v) is 7.34. The number of hydrogen-bond acceptors (Lipinski definition) is 4. The number of nitrogen functional groups attached to an aromatic ring is 1. The highest BCUT2D eigenvalue weighted by atomic mass is 15.2. The summed E-state index contributed by atoms with van der Waals surface area (Å²) >= 11 is 0. The molecule has 1 unspecified atom stereocenters. The Kier molecular flexibility index (Phi) is 4.20. The van der Waals surface area contributed by atoms with Gasteiger partial charge < -0.3 is 15.6 Å². The van der Waals surface area contributed by atoms with E-state index in [9.17, 15) is 0 Å². The molecule has 1 aliphatic carbocycles. The highest BCUT2D eigenvalue weighted by molar-refractivity contribution is 5.75. The number of H-pyrrole nitrogens is 1. The van der Waals surface area contributed by atoms with Crippen molar-refractivity contribution in [3.8, 4) is 0 Å². The summed E-state index contributed by atoms with van der Waals surface area (Å²) < 4.78 is 0. The smallest absolute Gasteiger partial charge is 0.126 e. The Morgan fingerprint density at radius 2 is 1.89 bits per heavy atom. The van der Waals surface area contributed by atoms with Crippen molar-refractivity contribution in [2.75, 3.05) is 10.6 Å². The molecule has 4 aromatic rings. The van der Waals surface area contributed by atoms with E-state index in [1.54, 1.807) is 0 Å². The maximum atomic E-state index is 6.38. The summed E-state index contributed by atoms with van der Waals surface area (Å²) in [6, 6.07) is 20.6. The zero-order valence-corrected chi connectivity index (χ0v) is 15.7. The number of anilines is 2. The van der Waals surface area contributed by atoms with Gasteiger partial charge in [0.25, 0.3) is 0 Å². The Bertz CT molecular complexity index is 1080. The summed E-state index contributed by atoms with van der Waals surface area (Å²) in [5, 5.41) is 0. The first-order valence-electron chi connectivity index (χ1n) is 9.78. The Hall–Kier alpha value is -3.34. The lowest BCUT2D eigenvalue weighted by Crippen LogP contribution is -2.32. The van der Waals surface area contributed by atoms with Crippen LogP contribution in [0.2, 0.25) is 0 Å². The van der Waals surface area contributed by atoms with Gasteiger partial charge >= 0.3 is 0 Å². The van der Waals surface area contributed by atoms with Crippen LogP contribution in [0.15, 0.2) is 66.9 Å². The van der Waals surface area contributed by atoms with Gasteiger partial charge in [0.15, 0.2) is 0 Å². The largest absolute Gasteiger partial charge is 0.397 e. The number of imidazole rings is 1. The predicted molar refractivity (Wildman–Crippen MR) is 113 cm³/mol. The zero-order valence-electron chi connectivity index (χ0n) is 15.7. The lowest BCUT2D eigenvalue weighted by atomic mass is 9.90. The molecule has 2 aromatic carbocycles. The Labute approximate surface area is 164 Å².